The minimum atomic E-state index is 0.394. The van der Waals surface area contributed by atoms with Gasteiger partial charge < -0.3 is 10.5 Å². The number of halogens is 1. The summed E-state index contributed by atoms with van der Waals surface area (Å²) in [5.41, 5.74) is 8.96. The van der Waals surface area contributed by atoms with Gasteiger partial charge in [-0.25, -0.2) is 4.98 Å². The molecule has 0 saturated carbocycles. The number of ether oxygens (including phenoxy) is 1. The van der Waals surface area contributed by atoms with Gasteiger partial charge in [0.25, 0.3) is 0 Å². The van der Waals surface area contributed by atoms with Gasteiger partial charge in [-0.3, -0.25) is 0 Å². The van der Waals surface area contributed by atoms with Crippen molar-refractivity contribution in [3.05, 3.63) is 40.9 Å². The van der Waals surface area contributed by atoms with Gasteiger partial charge in [-0.15, -0.1) is 0 Å². The number of aromatic nitrogens is 1. The van der Waals surface area contributed by atoms with Crippen LogP contribution in [0.1, 0.15) is 5.56 Å². The maximum atomic E-state index is 6.15. The van der Waals surface area contributed by atoms with Crippen molar-refractivity contribution < 1.29 is 4.74 Å². The first-order valence-corrected chi connectivity index (χ1v) is 5.56. The molecular weight excluding hydrogens is 236 g/mol. The molecule has 17 heavy (non-hydrogen) atoms. The lowest BCUT2D eigenvalue weighted by atomic mass is 10.1. The molecule has 88 valence electrons. The molecule has 0 bridgehead atoms. The molecule has 1 heterocycles. The van der Waals surface area contributed by atoms with Crippen molar-refractivity contribution in [2.75, 3.05) is 12.8 Å². The number of nitrogens with zero attached hydrogens (tertiary/aromatic N) is 1. The number of benzene rings is 1. The monoisotopic (exact) mass is 248 g/mol. The molecule has 4 heteroatoms. The molecule has 0 aliphatic carbocycles. The van der Waals surface area contributed by atoms with Crippen LogP contribution in [0.2, 0.25) is 5.02 Å². The Labute approximate surface area is 105 Å². The summed E-state index contributed by atoms with van der Waals surface area (Å²) in [6.45, 7) is 2.02. The summed E-state index contributed by atoms with van der Waals surface area (Å²) >= 11 is 6.15. The van der Waals surface area contributed by atoms with Crippen LogP contribution >= 0.6 is 11.6 Å². The van der Waals surface area contributed by atoms with E-state index in [4.69, 9.17) is 22.1 Å². The van der Waals surface area contributed by atoms with Gasteiger partial charge in [0, 0.05) is 5.56 Å². The Hall–Kier alpha value is -1.74. The molecule has 2 aromatic rings. The topological polar surface area (TPSA) is 48.1 Å². The minimum absolute atomic E-state index is 0.394. The number of aryl methyl sites for hydroxylation is 1. The number of hydrogen-bond donors (Lipinski definition) is 1. The lowest BCUT2D eigenvalue weighted by Crippen LogP contribution is -1.97. The van der Waals surface area contributed by atoms with Gasteiger partial charge in [-0.2, -0.15) is 0 Å². The molecule has 0 aliphatic rings. The van der Waals surface area contributed by atoms with Crippen molar-refractivity contribution in [3.63, 3.8) is 0 Å². The third-order valence-electron chi connectivity index (χ3n) is 2.45. The smallest absolute Gasteiger partial charge is 0.237 e. The van der Waals surface area contributed by atoms with Crippen LogP contribution in [0.4, 0.5) is 5.69 Å². The first-order valence-electron chi connectivity index (χ1n) is 5.19. The lowest BCUT2D eigenvalue weighted by Gasteiger charge is -2.09. The molecule has 2 rings (SSSR count). The maximum absolute atomic E-state index is 6.15. The second-order valence-corrected chi connectivity index (χ2v) is 4.19. The average molecular weight is 249 g/mol. The number of methoxy groups -OCH3 is 1. The number of rotatable bonds is 2. The van der Waals surface area contributed by atoms with Crippen molar-refractivity contribution in [2.45, 2.75) is 6.92 Å². The van der Waals surface area contributed by atoms with Crippen LogP contribution in [0, 0.1) is 6.92 Å². The van der Waals surface area contributed by atoms with E-state index < -0.39 is 0 Å². The van der Waals surface area contributed by atoms with Crippen LogP contribution in [0.5, 0.6) is 5.88 Å². The molecule has 0 aliphatic heterocycles. The Morgan fingerprint density at radius 2 is 2.06 bits per heavy atom. The number of pyridine rings is 1. The van der Waals surface area contributed by atoms with Crippen molar-refractivity contribution in [1.29, 1.82) is 0 Å². The maximum Gasteiger partial charge on any atom is 0.237 e. The fourth-order valence-electron chi connectivity index (χ4n) is 1.64. The van der Waals surface area contributed by atoms with E-state index in [1.54, 1.807) is 6.07 Å². The van der Waals surface area contributed by atoms with E-state index in [0.29, 0.717) is 22.3 Å². The highest BCUT2D eigenvalue weighted by Gasteiger charge is 2.10. The summed E-state index contributed by atoms with van der Waals surface area (Å²) in [6.07, 6.45) is 0. The summed E-state index contributed by atoms with van der Waals surface area (Å²) in [5, 5.41) is 0.522. The number of nitrogen functional groups attached to an aromatic ring is 1. The molecule has 0 saturated heterocycles. The van der Waals surface area contributed by atoms with Gasteiger partial charge in [0.15, 0.2) is 0 Å². The summed E-state index contributed by atoms with van der Waals surface area (Å²) in [4.78, 5) is 4.32. The zero-order chi connectivity index (χ0) is 12.4. The first kappa shape index (κ1) is 11.7. The van der Waals surface area contributed by atoms with Gasteiger partial charge >= 0.3 is 0 Å². The summed E-state index contributed by atoms with van der Waals surface area (Å²) in [7, 11) is 1.53. The molecule has 0 amide bonds. The molecule has 0 radical (unpaired) electrons. The molecule has 0 fully saturated rings. The normalized spacial score (nSPS) is 10.3. The van der Waals surface area contributed by atoms with Crippen LogP contribution in [-0.4, -0.2) is 12.1 Å². The Bertz CT molecular complexity index is 555. The second kappa shape index (κ2) is 4.63. The van der Waals surface area contributed by atoms with E-state index in [2.05, 4.69) is 4.98 Å². The molecule has 0 unspecified atom stereocenters. The van der Waals surface area contributed by atoms with E-state index in [9.17, 15) is 0 Å². The highest BCUT2D eigenvalue weighted by atomic mass is 35.5. The van der Waals surface area contributed by atoms with Crippen molar-refractivity contribution in [1.82, 2.24) is 4.98 Å². The number of nitrogens with two attached hydrogens (primary N) is 1. The van der Waals surface area contributed by atoms with Crippen LogP contribution in [0.15, 0.2) is 30.3 Å². The third kappa shape index (κ3) is 2.34. The Balaban J connectivity index is 2.59. The van der Waals surface area contributed by atoms with Crippen molar-refractivity contribution >= 4 is 17.3 Å². The van der Waals surface area contributed by atoms with Crippen LogP contribution in [0.25, 0.3) is 11.3 Å². The summed E-state index contributed by atoms with van der Waals surface area (Å²) in [6, 6.07) is 9.61. The fraction of sp³-hybridized carbons (Fsp3) is 0.154. The minimum Gasteiger partial charge on any atom is -0.480 e. The molecule has 3 nitrogen and oxygen atoms in total. The average Bonchev–Trinajstić information content (AvgIpc) is 2.29. The Kier molecular flexibility index (Phi) is 3.20. The van der Waals surface area contributed by atoms with Crippen LogP contribution in [-0.2, 0) is 0 Å². The van der Waals surface area contributed by atoms with E-state index >= 15 is 0 Å². The highest BCUT2D eigenvalue weighted by Crippen LogP contribution is 2.32. The molecule has 1 aromatic carbocycles. The predicted octanol–water partition coefficient (Wildman–Crippen LogP) is 3.30. The van der Waals surface area contributed by atoms with E-state index in [1.165, 1.54) is 7.11 Å². The first-order chi connectivity index (χ1) is 8.11. The zero-order valence-corrected chi connectivity index (χ0v) is 10.5. The SMILES string of the molecule is COc1nc(-c2cccc(C)c2)c(Cl)cc1N. The van der Waals surface area contributed by atoms with Crippen molar-refractivity contribution in [2.24, 2.45) is 0 Å². The number of hydrogen-bond acceptors (Lipinski definition) is 3. The van der Waals surface area contributed by atoms with E-state index in [1.807, 2.05) is 31.2 Å². The quantitative estimate of drug-likeness (QED) is 0.887. The number of anilines is 1. The van der Waals surface area contributed by atoms with Gasteiger partial charge in [0.2, 0.25) is 5.88 Å². The Morgan fingerprint density at radius 3 is 2.71 bits per heavy atom. The summed E-state index contributed by atoms with van der Waals surface area (Å²) in [5.74, 6) is 0.394. The Morgan fingerprint density at radius 1 is 1.29 bits per heavy atom. The zero-order valence-electron chi connectivity index (χ0n) is 9.70. The molecule has 0 atom stereocenters. The highest BCUT2D eigenvalue weighted by molar-refractivity contribution is 6.33. The third-order valence-corrected chi connectivity index (χ3v) is 2.74. The molecule has 2 N–H and O–H groups in total. The van der Waals surface area contributed by atoms with E-state index in [-0.39, 0.29) is 0 Å². The lowest BCUT2D eigenvalue weighted by molar-refractivity contribution is 0.401. The van der Waals surface area contributed by atoms with Gasteiger partial charge in [0.05, 0.1) is 23.5 Å². The van der Waals surface area contributed by atoms with Crippen LogP contribution in [0.3, 0.4) is 0 Å². The van der Waals surface area contributed by atoms with Gasteiger partial charge in [-0.1, -0.05) is 35.4 Å². The largest absolute Gasteiger partial charge is 0.480 e. The molecule has 1 aromatic heterocycles. The summed E-state index contributed by atoms with van der Waals surface area (Å²) < 4.78 is 5.10. The molecule has 0 spiro atoms. The standard InChI is InChI=1S/C13H13ClN2O/c1-8-4-3-5-9(6-8)12-10(14)7-11(15)13(16-12)17-2/h3-7H,15H2,1-2H3. The van der Waals surface area contributed by atoms with Gasteiger partial charge in [0.1, 0.15) is 0 Å². The second-order valence-electron chi connectivity index (χ2n) is 3.79. The fourth-order valence-corrected chi connectivity index (χ4v) is 1.91. The van der Waals surface area contributed by atoms with Gasteiger partial charge in [-0.05, 0) is 19.1 Å². The van der Waals surface area contributed by atoms with Crippen molar-refractivity contribution in [3.8, 4) is 17.1 Å². The predicted molar refractivity (Wildman–Crippen MR) is 70.4 cm³/mol. The molecular formula is C13H13ClN2O. The van der Waals surface area contributed by atoms with E-state index in [0.717, 1.165) is 11.1 Å². The van der Waals surface area contributed by atoms with Crippen LogP contribution < -0.4 is 10.5 Å².